The van der Waals surface area contributed by atoms with Gasteiger partial charge in [-0.05, 0) is 54.9 Å². The smallest absolute Gasteiger partial charge is 0.303 e. The second-order valence-electron chi connectivity index (χ2n) is 4.40. The van der Waals surface area contributed by atoms with Gasteiger partial charge in [-0.25, -0.2) is 0 Å². The van der Waals surface area contributed by atoms with E-state index in [9.17, 15) is 9.90 Å². The molecule has 16 heavy (non-hydrogen) atoms. The first-order chi connectivity index (χ1) is 7.66. The minimum atomic E-state index is -0.756. The maximum absolute atomic E-state index is 10.4. The molecule has 0 unspecified atom stereocenters. The van der Waals surface area contributed by atoms with Crippen molar-refractivity contribution in [1.29, 1.82) is 0 Å². The van der Waals surface area contributed by atoms with Crippen molar-refractivity contribution in [3.8, 4) is 5.75 Å². The Morgan fingerprint density at radius 3 is 2.75 bits per heavy atom. The van der Waals surface area contributed by atoms with Crippen LogP contribution in [0.25, 0.3) is 0 Å². The van der Waals surface area contributed by atoms with E-state index < -0.39 is 5.97 Å². The molecule has 3 nitrogen and oxygen atoms in total. The van der Waals surface area contributed by atoms with Gasteiger partial charge in [0.1, 0.15) is 5.75 Å². The summed E-state index contributed by atoms with van der Waals surface area (Å²) in [4.78, 5) is 10.4. The number of aryl methyl sites for hydroxylation is 1. The van der Waals surface area contributed by atoms with Gasteiger partial charge in [0.05, 0.1) is 0 Å². The molecule has 86 valence electrons. The van der Waals surface area contributed by atoms with Crippen molar-refractivity contribution in [2.24, 2.45) is 0 Å². The van der Waals surface area contributed by atoms with Gasteiger partial charge in [-0.15, -0.1) is 0 Å². The van der Waals surface area contributed by atoms with Gasteiger partial charge in [-0.3, -0.25) is 4.79 Å². The van der Waals surface area contributed by atoms with Crippen LogP contribution in [0.2, 0.25) is 0 Å². The zero-order valence-corrected chi connectivity index (χ0v) is 9.15. The van der Waals surface area contributed by atoms with Gasteiger partial charge in [0.15, 0.2) is 0 Å². The molecule has 2 N–H and O–H groups in total. The molecule has 1 saturated carbocycles. The van der Waals surface area contributed by atoms with E-state index in [1.807, 2.05) is 6.07 Å². The van der Waals surface area contributed by atoms with Gasteiger partial charge < -0.3 is 10.2 Å². The molecule has 0 radical (unpaired) electrons. The molecule has 0 heterocycles. The molecule has 0 aromatic heterocycles. The van der Waals surface area contributed by atoms with Crippen molar-refractivity contribution in [2.75, 3.05) is 0 Å². The van der Waals surface area contributed by atoms with Crippen LogP contribution < -0.4 is 0 Å². The van der Waals surface area contributed by atoms with Crippen LogP contribution in [0.15, 0.2) is 18.2 Å². The zero-order chi connectivity index (χ0) is 11.5. The molecule has 1 fully saturated rings. The molecule has 0 saturated heterocycles. The number of hydrogen-bond acceptors (Lipinski definition) is 2. The Morgan fingerprint density at radius 1 is 1.38 bits per heavy atom. The van der Waals surface area contributed by atoms with Gasteiger partial charge in [0, 0.05) is 6.42 Å². The van der Waals surface area contributed by atoms with E-state index in [2.05, 4.69) is 0 Å². The predicted molar refractivity (Wildman–Crippen MR) is 60.7 cm³/mol. The second-order valence-corrected chi connectivity index (χ2v) is 4.40. The Bertz CT molecular complexity index is 394. The van der Waals surface area contributed by atoms with Gasteiger partial charge >= 0.3 is 5.97 Å². The number of carboxylic acid groups (broad SMARTS) is 1. The molecule has 0 spiro atoms. The minimum absolute atomic E-state index is 0.194. The van der Waals surface area contributed by atoms with Crippen LogP contribution in [0.1, 0.15) is 42.7 Å². The minimum Gasteiger partial charge on any atom is -0.508 e. The van der Waals surface area contributed by atoms with Crippen molar-refractivity contribution in [3.05, 3.63) is 29.3 Å². The lowest BCUT2D eigenvalue weighted by Gasteiger charge is -2.08. The molecular formula is C13H16O3. The summed E-state index contributed by atoms with van der Waals surface area (Å²) in [5, 5.41) is 18.0. The Hall–Kier alpha value is -1.51. The Morgan fingerprint density at radius 2 is 2.12 bits per heavy atom. The Kier molecular flexibility index (Phi) is 3.13. The highest BCUT2D eigenvalue weighted by Crippen LogP contribution is 2.42. The molecule has 1 aliphatic carbocycles. The van der Waals surface area contributed by atoms with Crippen LogP contribution >= 0.6 is 0 Å². The van der Waals surface area contributed by atoms with Gasteiger partial charge in [-0.2, -0.15) is 0 Å². The highest BCUT2D eigenvalue weighted by Gasteiger charge is 2.25. The summed E-state index contributed by atoms with van der Waals surface area (Å²) in [5.74, 6) is 0.156. The second kappa shape index (κ2) is 4.56. The Labute approximate surface area is 94.7 Å². The van der Waals surface area contributed by atoms with E-state index >= 15 is 0 Å². The fourth-order valence-electron chi connectivity index (χ4n) is 2.03. The van der Waals surface area contributed by atoms with E-state index in [-0.39, 0.29) is 12.2 Å². The van der Waals surface area contributed by atoms with Crippen LogP contribution in [0.4, 0.5) is 0 Å². The van der Waals surface area contributed by atoms with E-state index in [0.29, 0.717) is 12.3 Å². The summed E-state index contributed by atoms with van der Waals surface area (Å²) in [7, 11) is 0. The number of rotatable bonds is 5. The fourth-order valence-corrected chi connectivity index (χ4v) is 2.03. The van der Waals surface area contributed by atoms with E-state index in [1.165, 1.54) is 18.4 Å². The number of phenolic OH excluding ortho intramolecular Hbond substituents is 1. The Balaban J connectivity index is 2.05. The molecule has 0 atom stereocenters. The molecule has 1 aromatic rings. The average molecular weight is 220 g/mol. The molecule has 0 amide bonds. The molecular weight excluding hydrogens is 204 g/mol. The van der Waals surface area contributed by atoms with Crippen molar-refractivity contribution in [2.45, 2.75) is 38.0 Å². The number of aromatic hydroxyl groups is 1. The predicted octanol–water partition coefficient (Wildman–Crippen LogP) is 2.68. The van der Waals surface area contributed by atoms with Gasteiger partial charge in [0.25, 0.3) is 0 Å². The first kappa shape index (κ1) is 11.0. The lowest BCUT2D eigenvalue weighted by molar-refractivity contribution is -0.137. The summed E-state index contributed by atoms with van der Waals surface area (Å²) in [6.45, 7) is 0. The average Bonchev–Trinajstić information content (AvgIpc) is 3.01. The maximum atomic E-state index is 10.4. The van der Waals surface area contributed by atoms with Crippen molar-refractivity contribution in [3.63, 3.8) is 0 Å². The molecule has 0 aliphatic heterocycles. The summed E-state index contributed by atoms with van der Waals surface area (Å²) >= 11 is 0. The van der Waals surface area contributed by atoms with Crippen LogP contribution in [0.5, 0.6) is 5.75 Å². The standard InChI is InChI=1S/C13H16O3/c14-11-6-7-12(9-4-5-9)10(8-11)2-1-3-13(15)16/h6-9,14H,1-5H2,(H,15,16). The van der Waals surface area contributed by atoms with Crippen molar-refractivity contribution >= 4 is 5.97 Å². The van der Waals surface area contributed by atoms with Crippen LogP contribution in [0, 0.1) is 0 Å². The van der Waals surface area contributed by atoms with Crippen molar-refractivity contribution in [1.82, 2.24) is 0 Å². The number of phenols is 1. The number of hydrogen-bond donors (Lipinski definition) is 2. The first-order valence-electron chi connectivity index (χ1n) is 5.70. The maximum Gasteiger partial charge on any atom is 0.303 e. The molecule has 1 aliphatic rings. The summed E-state index contributed by atoms with van der Waals surface area (Å²) in [6, 6.07) is 5.47. The monoisotopic (exact) mass is 220 g/mol. The quantitative estimate of drug-likeness (QED) is 0.802. The first-order valence-corrected chi connectivity index (χ1v) is 5.70. The van der Waals surface area contributed by atoms with Crippen LogP contribution in [0.3, 0.4) is 0 Å². The lowest BCUT2D eigenvalue weighted by atomic mass is 9.98. The van der Waals surface area contributed by atoms with Gasteiger partial charge in [-0.1, -0.05) is 6.07 Å². The highest BCUT2D eigenvalue weighted by molar-refractivity contribution is 5.66. The molecule has 1 aromatic carbocycles. The zero-order valence-electron chi connectivity index (χ0n) is 9.15. The number of aliphatic carboxylic acids is 1. The van der Waals surface area contributed by atoms with Crippen LogP contribution in [-0.4, -0.2) is 16.2 Å². The van der Waals surface area contributed by atoms with Crippen LogP contribution in [-0.2, 0) is 11.2 Å². The fraction of sp³-hybridized carbons (Fsp3) is 0.462. The normalized spacial score (nSPS) is 15.0. The number of benzene rings is 1. The third-order valence-corrected chi connectivity index (χ3v) is 2.98. The number of carboxylic acids is 1. The van der Waals surface area contributed by atoms with Gasteiger partial charge in [0.2, 0.25) is 0 Å². The largest absolute Gasteiger partial charge is 0.508 e. The van der Waals surface area contributed by atoms with E-state index in [0.717, 1.165) is 12.0 Å². The summed E-state index contributed by atoms with van der Waals surface area (Å²) in [6.07, 6.45) is 4.01. The van der Waals surface area contributed by atoms with Crippen molar-refractivity contribution < 1.29 is 15.0 Å². The molecule has 3 heteroatoms. The van der Waals surface area contributed by atoms with E-state index in [1.54, 1.807) is 12.1 Å². The lowest BCUT2D eigenvalue weighted by Crippen LogP contribution is -1.98. The molecule has 2 rings (SSSR count). The third kappa shape index (κ3) is 2.75. The number of carbonyl (C=O) groups is 1. The SMILES string of the molecule is O=C(O)CCCc1cc(O)ccc1C1CC1. The summed E-state index contributed by atoms with van der Waals surface area (Å²) in [5.41, 5.74) is 2.41. The van der Waals surface area contributed by atoms with E-state index in [4.69, 9.17) is 5.11 Å². The molecule has 0 bridgehead atoms. The third-order valence-electron chi connectivity index (χ3n) is 2.98. The topological polar surface area (TPSA) is 57.5 Å². The summed E-state index contributed by atoms with van der Waals surface area (Å²) < 4.78 is 0. The highest BCUT2D eigenvalue weighted by atomic mass is 16.4.